The highest BCUT2D eigenvalue weighted by atomic mass is 32.2. The summed E-state index contributed by atoms with van der Waals surface area (Å²) in [6.45, 7) is 0.450. The van der Waals surface area contributed by atoms with Crippen LogP contribution in [0.15, 0.2) is 11.2 Å². The molecule has 5 nitrogen and oxygen atoms in total. The predicted octanol–water partition coefficient (Wildman–Crippen LogP) is 1.75. The highest BCUT2D eigenvalue weighted by Crippen LogP contribution is 2.32. The molecule has 0 atom stereocenters. The molecule has 0 spiro atoms. The second-order valence-electron chi connectivity index (χ2n) is 4.43. The van der Waals surface area contributed by atoms with E-state index in [4.69, 9.17) is 10.9 Å². The van der Waals surface area contributed by atoms with Gasteiger partial charge in [0.25, 0.3) is 5.91 Å². The molecule has 1 aromatic rings. The normalized spacial score (nSPS) is 15.1. The highest BCUT2D eigenvalue weighted by Gasteiger charge is 2.19. The van der Waals surface area contributed by atoms with Gasteiger partial charge in [0.05, 0.1) is 4.88 Å². The van der Waals surface area contributed by atoms with Gasteiger partial charge < -0.3 is 15.8 Å². The van der Waals surface area contributed by atoms with Crippen molar-refractivity contribution in [3.05, 3.63) is 21.4 Å². The fourth-order valence-electron chi connectivity index (χ4n) is 1.87. The molecule has 2 rings (SSSR count). The Morgan fingerprint density at radius 1 is 1.63 bits per heavy atom. The van der Waals surface area contributed by atoms with Gasteiger partial charge in [0.2, 0.25) is 0 Å². The van der Waals surface area contributed by atoms with Crippen LogP contribution in [0.2, 0.25) is 0 Å². The van der Waals surface area contributed by atoms with E-state index in [1.165, 1.54) is 10.4 Å². The van der Waals surface area contributed by atoms with Crippen LogP contribution < -0.4 is 5.73 Å². The summed E-state index contributed by atoms with van der Waals surface area (Å²) in [7, 11) is 1.74. The summed E-state index contributed by atoms with van der Waals surface area (Å²) in [6.07, 6.45) is 1.44. The Hall–Kier alpha value is -1.21. The summed E-state index contributed by atoms with van der Waals surface area (Å²) >= 11 is 3.51. The summed E-state index contributed by atoms with van der Waals surface area (Å²) in [6, 6.07) is 2.01. The number of oxime groups is 1. The van der Waals surface area contributed by atoms with E-state index in [1.807, 2.05) is 17.8 Å². The number of carbonyl (C=O) groups is 1. The zero-order valence-corrected chi connectivity index (χ0v) is 12.4. The molecule has 0 fully saturated rings. The highest BCUT2D eigenvalue weighted by molar-refractivity contribution is 7.98. The SMILES string of the molecule is CN(CCC(N)=NO)C(=O)c1cc2c(s1)CCSC2. The molecule has 0 unspecified atom stereocenters. The van der Waals surface area contributed by atoms with Crippen LogP contribution in [0.5, 0.6) is 0 Å². The van der Waals surface area contributed by atoms with Crippen LogP contribution in [-0.4, -0.2) is 41.2 Å². The van der Waals surface area contributed by atoms with Gasteiger partial charge in [-0.15, -0.1) is 11.3 Å². The third-order valence-corrected chi connectivity index (χ3v) is 5.25. The number of fused-ring (bicyclic) bond motifs is 1. The maximum atomic E-state index is 12.2. The third-order valence-electron chi connectivity index (χ3n) is 3.02. The van der Waals surface area contributed by atoms with Crippen molar-refractivity contribution in [3.63, 3.8) is 0 Å². The molecule has 0 aromatic carbocycles. The van der Waals surface area contributed by atoms with Crippen molar-refractivity contribution in [1.82, 2.24) is 4.90 Å². The second-order valence-corrected chi connectivity index (χ2v) is 6.67. The number of nitrogens with two attached hydrogens (primary N) is 1. The lowest BCUT2D eigenvalue weighted by molar-refractivity contribution is 0.0803. The van der Waals surface area contributed by atoms with Gasteiger partial charge in [-0.3, -0.25) is 4.79 Å². The first kappa shape index (κ1) is 14.2. The smallest absolute Gasteiger partial charge is 0.263 e. The Kier molecular flexibility index (Phi) is 4.71. The lowest BCUT2D eigenvalue weighted by Gasteiger charge is -2.15. The van der Waals surface area contributed by atoms with Gasteiger partial charge in [-0.1, -0.05) is 5.16 Å². The number of amidine groups is 1. The van der Waals surface area contributed by atoms with Gasteiger partial charge in [-0.05, 0) is 23.8 Å². The summed E-state index contributed by atoms with van der Waals surface area (Å²) in [5, 5.41) is 11.4. The standard InChI is InChI=1S/C12H17N3O2S2/c1-15(4-2-11(13)14-17)12(16)10-6-8-7-18-5-3-9(8)19-10/h6,17H,2-5,7H2,1H3,(H2,13,14). The van der Waals surface area contributed by atoms with Crippen LogP contribution in [0.1, 0.15) is 26.5 Å². The maximum absolute atomic E-state index is 12.2. The number of thioether (sulfide) groups is 1. The molecule has 1 aliphatic rings. The Morgan fingerprint density at radius 2 is 2.42 bits per heavy atom. The summed E-state index contributed by atoms with van der Waals surface area (Å²) < 4.78 is 0. The average molecular weight is 299 g/mol. The zero-order valence-electron chi connectivity index (χ0n) is 10.8. The van der Waals surface area contributed by atoms with Crippen molar-refractivity contribution in [2.24, 2.45) is 10.9 Å². The fourth-order valence-corrected chi connectivity index (χ4v) is 4.24. The molecule has 3 N–H and O–H groups in total. The van der Waals surface area contributed by atoms with E-state index in [0.29, 0.717) is 13.0 Å². The Balaban J connectivity index is 2.00. The van der Waals surface area contributed by atoms with E-state index in [0.717, 1.165) is 22.8 Å². The minimum absolute atomic E-state index is 0.00939. The Bertz CT molecular complexity index is 476. The quantitative estimate of drug-likeness (QED) is 0.384. The molecule has 0 saturated heterocycles. The van der Waals surface area contributed by atoms with Crippen LogP contribution >= 0.6 is 23.1 Å². The minimum atomic E-state index is 0.00939. The molecule has 1 aliphatic heterocycles. The van der Waals surface area contributed by atoms with E-state index in [-0.39, 0.29) is 11.7 Å². The Morgan fingerprint density at radius 3 is 3.11 bits per heavy atom. The van der Waals surface area contributed by atoms with E-state index in [1.54, 1.807) is 23.3 Å². The molecule has 2 heterocycles. The number of amides is 1. The lowest BCUT2D eigenvalue weighted by Crippen LogP contribution is -2.30. The average Bonchev–Trinajstić information content (AvgIpc) is 2.87. The minimum Gasteiger partial charge on any atom is -0.409 e. The molecule has 19 heavy (non-hydrogen) atoms. The van der Waals surface area contributed by atoms with Crippen LogP contribution in [0.25, 0.3) is 0 Å². The molecule has 0 radical (unpaired) electrons. The predicted molar refractivity (Wildman–Crippen MR) is 79.2 cm³/mol. The molecule has 0 bridgehead atoms. The molecular weight excluding hydrogens is 282 g/mol. The van der Waals surface area contributed by atoms with Crippen LogP contribution in [0, 0.1) is 0 Å². The van der Waals surface area contributed by atoms with Gasteiger partial charge in [-0.2, -0.15) is 11.8 Å². The first-order valence-electron chi connectivity index (χ1n) is 6.03. The van der Waals surface area contributed by atoms with E-state index < -0.39 is 0 Å². The molecular formula is C12H17N3O2S2. The largest absolute Gasteiger partial charge is 0.409 e. The maximum Gasteiger partial charge on any atom is 0.263 e. The molecule has 1 aromatic heterocycles. The van der Waals surface area contributed by atoms with Crippen molar-refractivity contribution in [1.29, 1.82) is 0 Å². The number of aryl methyl sites for hydroxylation is 1. The monoisotopic (exact) mass is 299 g/mol. The number of nitrogens with zero attached hydrogens (tertiary/aromatic N) is 2. The number of rotatable bonds is 4. The lowest BCUT2D eigenvalue weighted by atomic mass is 10.2. The van der Waals surface area contributed by atoms with Gasteiger partial charge in [-0.25, -0.2) is 0 Å². The molecule has 7 heteroatoms. The van der Waals surface area contributed by atoms with Crippen molar-refractivity contribution in [2.45, 2.75) is 18.6 Å². The van der Waals surface area contributed by atoms with Gasteiger partial charge >= 0.3 is 0 Å². The molecule has 0 saturated carbocycles. The molecule has 104 valence electrons. The number of hydrogen-bond donors (Lipinski definition) is 2. The number of carbonyl (C=O) groups excluding carboxylic acids is 1. The summed E-state index contributed by atoms with van der Waals surface area (Å²) in [4.78, 5) is 16.0. The third kappa shape index (κ3) is 3.42. The van der Waals surface area contributed by atoms with E-state index in [9.17, 15) is 4.79 Å². The van der Waals surface area contributed by atoms with Crippen molar-refractivity contribution >= 4 is 34.8 Å². The van der Waals surface area contributed by atoms with Gasteiger partial charge in [0.15, 0.2) is 0 Å². The van der Waals surface area contributed by atoms with Crippen molar-refractivity contribution < 1.29 is 10.0 Å². The molecule has 0 aliphatic carbocycles. The van der Waals surface area contributed by atoms with Crippen molar-refractivity contribution in [2.75, 3.05) is 19.3 Å². The Labute approximate surface area is 120 Å². The zero-order chi connectivity index (χ0) is 13.8. The summed E-state index contributed by atoms with van der Waals surface area (Å²) in [5.74, 6) is 2.30. The second kappa shape index (κ2) is 6.29. The van der Waals surface area contributed by atoms with Gasteiger partial charge in [0.1, 0.15) is 5.84 Å². The topological polar surface area (TPSA) is 78.9 Å². The van der Waals surface area contributed by atoms with Crippen LogP contribution in [0.3, 0.4) is 0 Å². The first-order chi connectivity index (χ1) is 9.11. The number of thiophene rings is 1. The van der Waals surface area contributed by atoms with Crippen LogP contribution in [-0.2, 0) is 12.2 Å². The van der Waals surface area contributed by atoms with E-state index >= 15 is 0 Å². The fraction of sp³-hybridized carbons (Fsp3) is 0.500. The number of hydrogen-bond acceptors (Lipinski definition) is 5. The molecule has 1 amide bonds. The first-order valence-corrected chi connectivity index (χ1v) is 8.00. The van der Waals surface area contributed by atoms with Gasteiger partial charge in [0, 0.05) is 30.6 Å². The van der Waals surface area contributed by atoms with Crippen molar-refractivity contribution in [3.8, 4) is 0 Å². The summed E-state index contributed by atoms with van der Waals surface area (Å²) in [5.41, 5.74) is 6.70. The van der Waals surface area contributed by atoms with Crippen LogP contribution in [0.4, 0.5) is 0 Å². The van der Waals surface area contributed by atoms with E-state index in [2.05, 4.69) is 5.16 Å².